The van der Waals surface area contributed by atoms with Crippen LogP contribution < -0.4 is 5.32 Å². The van der Waals surface area contributed by atoms with Gasteiger partial charge in [0, 0.05) is 23.9 Å². The quantitative estimate of drug-likeness (QED) is 0.348. The number of halogens is 1. The first-order chi connectivity index (χ1) is 17.3. The molecule has 0 atom stereocenters. The summed E-state index contributed by atoms with van der Waals surface area (Å²) in [7, 11) is 0. The molecular weight excluding hydrogens is 455 g/mol. The van der Waals surface area contributed by atoms with Crippen molar-refractivity contribution < 1.29 is 14.0 Å². The number of anilines is 1. The number of aryl methyl sites for hydroxylation is 1. The fourth-order valence-electron chi connectivity index (χ4n) is 3.91. The monoisotopic (exact) mass is 484 g/mol. The zero-order valence-corrected chi connectivity index (χ0v) is 20.6. The second-order valence-corrected chi connectivity index (χ2v) is 9.11. The minimum absolute atomic E-state index is 0.137. The van der Waals surface area contributed by atoms with Crippen molar-refractivity contribution in [1.82, 2.24) is 14.5 Å². The topological polar surface area (TPSA) is 67.2 Å². The summed E-state index contributed by atoms with van der Waals surface area (Å²) in [6.07, 6.45) is 1.76. The van der Waals surface area contributed by atoms with Crippen LogP contribution in [0.5, 0.6) is 0 Å². The standard InChI is InChI=1S/C29H29FN4O2/c1-20(2)17-33(28(36)23-12-8-5-9-13-23)19-27(35)32-29-31-26(22-10-6-4-7-11-22)18-34(29)24-15-14-21(3)25(30)16-24/h4-16,18,20H,17,19H2,1-3H3,(H,31,32,35). The molecule has 0 spiro atoms. The van der Waals surface area contributed by atoms with Gasteiger partial charge in [-0.1, -0.05) is 68.4 Å². The molecule has 4 aromatic rings. The smallest absolute Gasteiger partial charge is 0.254 e. The summed E-state index contributed by atoms with van der Waals surface area (Å²) >= 11 is 0. The molecule has 7 heteroatoms. The maximum Gasteiger partial charge on any atom is 0.254 e. The lowest BCUT2D eigenvalue weighted by molar-refractivity contribution is -0.117. The first kappa shape index (κ1) is 24.9. The summed E-state index contributed by atoms with van der Waals surface area (Å²) in [5.41, 5.74) is 3.07. The van der Waals surface area contributed by atoms with Gasteiger partial charge >= 0.3 is 0 Å². The second kappa shape index (κ2) is 11.0. The number of benzene rings is 3. The molecule has 0 fully saturated rings. The average Bonchev–Trinajstić information content (AvgIpc) is 3.29. The molecule has 0 radical (unpaired) electrons. The van der Waals surface area contributed by atoms with Crippen LogP contribution >= 0.6 is 0 Å². The van der Waals surface area contributed by atoms with E-state index in [-0.39, 0.29) is 36.0 Å². The van der Waals surface area contributed by atoms with Crippen LogP contribution in [0.3, 0.4) is 0 Å². The van der Waals surface area contributed by atoms with E-state index >= 15 is 0 Å². The van der Waals surface area contributed by atoms with Crippen molar-refractivity contribution in [3.05, 3.63) is 102 Å². The largest absolute Gasteiger partial charge is 0.329 e. The Balaban J connectivity index is 1.63. The van der Waals surface area contributed by atoms with Crippen LogP contribution in [0.2, 0.25) is 0 Å². The lowest BCUT2D eigenvalue weighted by Gasteiger charge is -2.24. The highest BCUT2D eigenvalue weighted by Gasteiger charge is 2.22. The van der Waals surface area contributed by atoms with E-state index in [2.05, 4.69) is 10.3 Å². The molecule has 2 amide bonds. The van der Waals surface area contributed by atoms with E-state index in [0.29, 0.717) is 29.1 Å². The Morgan fingerprint density at radius 2 is 1.67 bits per heavy atom. The normalized spacial score (nSPS) is 10.9. The lowest BCUT2D eigenvalue weighted by atomic mass is 10.1. The molecular formula is C29H29FN4O2. The highest BCUT2D eigenvalue weighted by molar-refractivity contribution is 5.99. The molecule has 1 N–H and O–H groups in total. The fourth-order valence-corrected chi connectivity index (χ4v) is 3.91. The van der Waals surface area contributed by atoms with Gasteiger partial charge in [0.05, 0.1) is 11.4 Å². The minimum atomic E-state index is -0.390. The molecule has 4 rings (SSSR count). The number of amides is 2. The van der Waals surface area contributed by atoms with Crippen molar-refractivity contribution in [3.63, 3.8) is 0 Å². The second-order valence-electron chi connectivity index (χ2n) is 9.11. The summed E-state index contributed by atoms with van der Waals surface area (Å²) in [5.74, 6) is -0.532. The van der Waals surface area contributed by atoms with Gasteiger partial charge in [0.15, 0.2) is 0 Å². The van der Waals surface area contributed by atoms with Gasteiger partial charge in [-0.15, -0.1) is 0 Å². The fraction of sp³-hybridized carbons (Fsp3) is 0.207. The van der Waals surface area contributed by atoms with Gasteiger partial charge in [0.2, 0.25) is 11.9 Å². The highest BCUT2D eigenvalue weighted by Crippen LogP contribution is 2.25. The van der Waals surface area contributed by atoms with Crippen LogP contribution in [0.15, 0.2) is 85.1 Å². The summed E-state index contributed by atoms with van der Waals surface area (Å²) < 4.78 is 16.0. The van der Waals surface area contributed by atoms with Gasteiger partial charge in [-0.3, -0.25) is 19.5 Å². The molecule has 0 unspecified atom stereocenters. The SMILES string of the molecule is Cc1ccc(-n2cc(-c3ccccc3)nc2NC(=O)CN(CC(C)C)C(=O)c2ccccc2)cc1F. The van der Waals surface area contributed by atoms with E-state index in [9.17, 15) is 14.0 Å². The van der Waals surface area contributed by atoms with Gasteiger partial charge in [-0.05, 0) is 42.7 Å². The van der Waals surface area contributed by atoms with E-state index in [0.717, 1.165) is 5.56 Å². The summed E-state index contributed by atoms with van der Waals surface area (Å²) in [6.45, 7) is 5.97. The molecule has 0 aliphatic heterocycles. The van der Waals surface area contributed by atoms with E-state index in [4.69, 9.17) is 0 Å². The maximum absolute atomic E-state index is 14.4. The highest BCUT2D eigenvalue weighted by atomic mass is 19.1. The number of hydrogen-bond donors (Lipinski definition) is 1. The van der Waals surface area contributed by atoms with Crippen LogP contribution in [-0.4, -0.2) is 39.4 Å². The molecule has 184 valence electrons. The maximum atomic E-state index is 14.4. The third-order valence-corrected chi connectivity index (χ3v) is 5.69. The Hall–Kier alpha value is -4.26. The molecule has 0 saturated heterocycles. The average molecular weight is 485 g/mol. The van der Waals surface area contributed by atoms with Gasteiger partial charge in [-0.25, -0.2) is 9.37 Å². The number of hydrogen-bond acceptors (Lipinski definition) is 3. The zero-order chi connectivity index (χ0) is 25.7. The third-order valence-electron chi connectivity index (χ3n) is 5.69. The first-order valence-corrected chi connectivity index (χ1v) is 11.9. The summed E-state index contributed by atoms with van der Waals surface area (Å²) in [6, 6.07) is 23.3. The van der Waals surface area contributed by atoms with Gasteiger partial charge < -0.3 is 4.90 Å². The summed E-state index contributed by atoms with van der Waals surface area (Å²) in [5, 5.41) is 2.84. The van der Waals surface area contributed by atoms with E-state index in [1.165, 1.54) is 11.0 Å². The third kappa shape index (κ3) is 5.86. The Labute approximate surface area is 210 Å². The molecule has 1 heterocycles. The van der Waals surface area contributed by atoms with Crippen LogP contribution in [-0.2, 0) is 4.79 Å². The van der Waals surface area contributed by atoms with E-state index in [1.54, 1.807) is 54.1 Å². The number of nitrogens with zero attached hydrogens (tertiary/aromatic N) is 3. The number of rotatable bonds is 8. The van der Waals surface area contributed by atoms with Crippen LogP contribution in [0.4, 0.5) is 10.3 Å². The molecule has 0 saturated carbocycles. The predicted molar refractivity (Wildman–Crippen MR) is 140 cm³/mol. The van der Waals surface area contributed by atoms with Gasteiger partial charge in [0.1, 0.15) is 12.4 Å². The molecule has 1 aromatic heterocycles. The molecule has 0 aliphatic carbocycles. The van der Waals surface area contributed by atoms with Crippen molar-refractivity contribution in [3.8, 4) is 16.9 Å². The van der Waals surface area contributed by atoms with Crippen molar-refractivity contribution in [2.24, 2.45) is 5.92 Å². The number of nitrogens with one attached hydrogen (secondary N) is 1. The first-order valence-electron chi connectivity index (χ1n) is 11.9. The molecule has 36 heavy (non-hydrogen) atoms. The van der Waals surface area contributed by atoms with Crippen LogP contribution in [0.1, 0.15) is 29.8 Å². The van der Waals surface area contributed by atoms with Gasteiger partial charge in [-0.2, -0.15) is 0 Å². The molecule has 6 nitrogen and oxygen atoms in total. The minimum Gasteiger partial charge on any atom is -0.329 e. The van der Waals surface area contributed by atoms with E-state index in [1.807, 2.05) is 50.2 Å². The Morgan fingerprint density at radius 1 is 1.00 bits per heavy atom. The Kier molecular flexibility index (Phi) is 7.59. The predicted octanol–water partition coefficient (Wildman–Crippen LogP) is 5.72. The zero-order valence-electron chi connectivity index (χ0n) is 20.6. The number of carbonyl (C=O) groups is 2. The van der Waals surface area contributed by atoms with Crippen LogP contribution in [0.25, 0.3) is 16.9 Å². The number of imidazole rings is 1. The van der Waals surface area contributed by atoms with E-state index < -0.39 is 0 Å². The Morgan fingerprint density at radius 3 is 2.31 bits per heavy atom. The van der Waals surface area contributed by atoms with Crippen molar-refractivity contribution in [1.29, 1.82) is 0 Å². The Bertz CT molecular complexity index is 1350. The molecule has 0 aliphatic rings. The van der Waals surface area contributed by atoms with Crippen molar-refractivity contribution in [2.45, 2.75) is 20.8 Å². The van der Waals surface area contributed by atoms with Crippen molar-refractivity contribution >= 4 is 17.8 Å². The summed E-state index contributed by atoms with van der Waals surface area (Å²) in [4.78, 5) is 32.4. The molecule has 3 aromatic carbocycles. The number of aromatic nitrogens is 2. The number of carbonyl (C=O) groups excluding carboxylic acids is 2. The van der Waals surface area contributed by atoms with Crippen LogP contribution in [0, 0.1) is 18.7 Å². The lowest BCUT2D eigenvalue weighted by Crippen LogP contribution is -2.40. The van der Waals surface area contributed by atoms with Gasteiger partial charge in [0.25, 0.3) is 5.91 Å². The van der Waals surface area contributed by atoms with Crippen molar-refractivity contribution in [2.75, 3.05) is 18.4 Å². The molecule has 0 bridgehead atoms.